The van der Waals surface area contributed by atoms with E-state index in [0.717, 1.165) is 17.8 Å². The lowest BCUT2D eigenvalue weighted by atomic mass is 9.83. The summed E-state index contributed by atoms with van der Waals surface area (Å²) in [4.78, 5) is 0. The van der Waals surface area contributed by atoms with Gasteiger partial charge in [-0.05, 0) is 49.5 Å². The molecule has 0 saturated heterocycles. The van der Waals surface area contributed by atoms with Crippen LogP contribution in [0.5, 0.6) is 0 Å². The summed E-state index contributed by atoms with van der Waals surface area (Å²) < 4.78 is 0. The fourth-order valence-electron chi connectivity index (χ4n) is 3.07. The van der Waals surface area contributed by atoms with Crippen molar-refractivity contribution in [1.29, 1.82) is 0 Å². The fourth-order valence-corrected chi connectivity index (χ4v) is 3.07. The Kier molecular flexibility index (Phi) is 3.89. The van der Waals surface area contributed by atoms with E-state index in [9.17, 15) is 0 Å². The van der Waals surface area contributed by atoms with Crippen molar-refractivity contribution in [3.8, 4) is 0 Å². The average Bonchev–Trinajstić information content (AvgIpc) is 2.47. The fraction of sp³-hybridized carbons (Fsp3) is 0.750. The normalized spacial score (nSPS) is 36.3. The molecule has 3 atom stereocenters. The van der Waals surface area contributed by atoms with Crippen molar-refractivity contribution in [2.75, 3.05) is 0 Å². The maximum Gasteiger partial charge on any atom is -0.0165 e. The van der Waals surface area contributed by atoms with E-state index in [1.54, 1.807) is 11.1 Å². The number of allylic oxidation sites excluding steroid dienone is 4. The summed E-state index contributed by atoms with van der Waals surface area (Å²) in [6.45, 7) is 7.06. The van der Waals surface area contributed by atoms with E-state index < -0.39 is 0 Å². The summed E-state index contributed by atoms with van der Waals surface area (Å²) in [6.07, 6.45) is 13.4. The van der Waals surface area contributed by atoms with E-state index in [1.807, 2.05) is 0 Å². The quantitative estimate of drug-likeness (QED) is 0.536. The van der Waals surface area contributed by atoms with E-state index in [4.69, 9.17) is 0 Å². The number of rotatable bonds is 1. The summed E-state index contributed by atoms with van der Waals surface area (Å²) in [5, 5.41) is 0. The highest BCUT2D eigenvalue weighted by atomic mass is 14.3. The van der Waals surface area contributed by atoms with Gasteiger partial charge in [0.05, 0.1) is 0 Å². The van der Waals surface area contributed by atoms with Gasteiger partial charge in [-0.25, -0.2) is 0 Å². The molecule has 2 aliphatic carbocycles. The molecule has 0 aliphatic heterocycles. The Morgan fingerprint density at radius 3 is 2.62 bits per heavy atom. The minimum atomic E-state index is 0.772. The van der Waals surface area contributed by atoms with Gasteiger partial charge in [0.15, 0.2) is 0 Å². The first kappa shape index (κ1) is 12.0. The molecular formula is C16H26. The Labute approximate surface area is 101 Å². The first-order valence-corrected chi connectivity index (χ1v) is 7.05. The molecule has 0 N–H and O–H groups in total. The Bertz CT molecular complexity index is 295. The maximum absolute atomic E-state index is 2.51. The minimum Gasteiger partial charge on any atom is -0.0805 e. The molecule has 1 fully saturated rings. The maximum atomic E-state index is 2.51. The van der Waals surface area contributed by atoms with Crippen LogP contribution in [0, 0.1) is 17.8 Å². The molecule has 3 unspecified atom stereocenters. The van der Waals surface area contributed by atoms with Crippen molar-refractivity contribution in [2.24, 2.45) is 17.8 Å². The summed E-state index contributed by atoms with van der Waals surface area (Å²) in [5.74, 6) is 2.60. The van der Waals surface area contributed by atoms with Gasteiger partial charge in [0.25, 0.3) is 0 Å². The molecule has 2 rings (SSSR count). The molecule has 0 bridgehead atoms. The first-order chi connectivity index (χ1) is 7.66. The molecule has 0 spiro atoms. The van der Waals surface area contributed by atoms with Crippen molar-refractivity contribution in [2.45, 2.75) is 59.3 Å². The zero-order valence-electron chi connectivity index (χ0n) is 11.1. The smallest absolute Gasteiger partial charge is 0.0165 e. The molecule has 0 heterocycles. The predicted molar refractivity (Wildman–Crippen MR) is 71.4 cm³/mol. The van der Waals surface area contributed by atoms with Crippen LogP contribution in [0.25, 0.3) is 0 Å². The Morgan fingerprint density at radius 1 is 1.06 bits per heavy atom. The van der Waals surface area contributed by atoms with Gasteiger partial charge in [-0.3, -0.25) is 0 Å². The summed E-state index contributed by atoms with van der Waals surface area (Å²) >= 11 is 0. The van der Waals surface area contributed by atoms with Gasteiger partial charge in [-0.15, -0.1) is 0 Å². The summed E-state index contributed by atoms with van der Waals surface area (Å²) in [6, 6.07) is 0. The SMILES string of the molecule is CC1=CC(C2CCCC(C)CC2)=CCC1C. The monoisotopic (exact) mass is 218 g/mol. The van der Waals surface area contributed by atoms with Crippen LogP contribution < -0.4 is 0 Å². The van der Waals surface area contributed by atoms with Gasteiger partial charge in [0, 0.05) is 0 Å². The third-order valence-electron chi connectivity index (χ3n) is 4.61. The number of hydrogen-bond donors (Lipinski definition) is 0. The predicted octanol–water partition coefficient (Wildman–Crippen LogP) is 5.12. The highest BCUT2D eigenvalue weighted by Crippen LogP contribution is 2.35. The molecule has 16 heavy (non-hydrogen) atoms. The zero-order valence-corrected chi connectivity index (χ0v) is 11.1. The third kappa shape index (κ3) is 2.78. The van der Waals surface area contributed by atoms with Crippen LogP contribution in [0.4, 0.5) is 0 Å². The molecule has 90 valence electrons. The van der Waals surface area contributed by atoms with Gasteiger partial charge in [-0.2, -0.15) is 0 Å². The van der Waals surface area contributed by atoms with E-state index in [0.29, 0.717) is 0 Å². The molecule has 0 aromatic heterocycles. The summed E-state index contributed by atoms with van der Waals surface area (Å²) in [7, 11) is 0. The topological polar surface area (TPSA) is 0 Å². The highest BCUT2D eigenvalue weighted by molar-refractivity contribution is 5.30. The second-order valence-corrected chi connectivity index (χ2v) is 6.04. The Hall–Kier alpha value is -0.520. The first-order valence-electron chi connectivity index (χ1n) is 7.05. The zero-order chi connectivity index (χ0) is 11.5. The molecule has 0 aromatic rings. The summed E-state index contributed by atoms with van der Waals surface area (Å²) in [5.41, 5.74) is 3.25. The van der Waals surface area contributed by atoms with Gasteiger partial charge < -0.3 is 0 Å². The van der Waals surface area contributed by atoms with Crippen LogP contribution in [-0.2, 0) is 0 Å². The Balaban J connectivity index is 2.02. The molecule has 0 heteroatoms. The van der Waals surface area contributed by atoms with Crippen molar-refractivity contribution < 1.29 is 0 Å². The lowest BCUT2D eigenvalue weighted by molar-refractivity contribution is 0.487. The third-order valence-corrected chi connectivity index (χ3v) is 4.61. The van der Waals surface area contributed by atoms with Gasteiger partial charge in [-0.1, -0.05) is 50.8 Å². The van der Waals surface area contributed by atoms with Crippen molar-refractivity contribution >= 4 is 0 Å². The minimum absolute atomic E-state index is 0.772. The molecule has 2 aliphatic rings. The molecular weight excluding hydrogens is 192 g/mol. The molecule has 0 amide bonds. The van der Waals surface area contributed by atoms with Crippen LogP contribution in [0.15, 0.2) is 23.3 Å². The second kappa shape index (κ2) is 5.21. The van der Waals surface area contributed by atoms with Crippen LogP contribution >= 0.6 is 0 Å². The largest absolute Gasteiger partial charge is 0.0805 e. The van der Waals surface area contributed by atoms with Crippen molar-refractivity contribution in [1.82, 2.24) is 0 Å². The van der Waals surface area contributed by atoms with Gasteiger partial charge >= 0.3 is 0 Å². The van der Waals surface area contributed by atoms with Gasteiger partial charge in [0.1, 0.15) is 0 Å². The molecule has 0 nitrogen and oxygen atoms in total. The van der Waals surface area contributed by atoms with Crippen molar-refractivity contribution in [3.05, 3.63) is 23.3 Å². The van der Waals surface area contributed by atoms with E-state index in [-0.39, 0.29) is 0 Å². The van der Waals surface area contributed by atoms with Crippen LogP contribution in [0.3, 0.4) is 0 Å². The van der Waals surface area contributed by atoms with Crippen molar-refractivity contribution in [3.63, 3.8) is 0 Å². The van der Waals surface area contributed by atoms with Crippen LogP contribution in [0.2, 0.25) is 0 Å². The molecule has 1 saturated carbocycles. The molecule has 0 aromatic carbocycles. The average molecular weight is 218 g/mol. The van der Waals surface area contributed by atoms with E-state index in [2.05, 4.69) is 32.9 Å². The highest BCUT2D eigenvalue weighted by Gasteiger charge is 2.20. The van der Waals surface area contributed by atoms with Crippen LogP contribution in [-0.4, -0.2) is 0 Å². The molecule has 0 radical (unpaired) electrons. The second-order valence-electron chi connectivity index (χ2n) is 6.04. The lowest BCUT2D eigenvalue weighted by Gasteiger charge is -2.23. The van der Waals surface area contributed by atoms with E-state index in [1.165, 1.54) is 38.5 Å². The Morgan fingerprint density at radius 2 is 1.88 bits per heavy atom. The lowest BCUT2D eigenvalue weighted by Crippen LogP contribution is -2.08. The van der Waals surface area contributed by atoms with E-state index >= 15 is 0 Å². The van der Waals surface area contributed by atoms with Crippen LogP contribution in [0.1, 0.15) is 59.3 Å². The van der Waals surface area contributed by atoms with Gasteiger partial charge in [0.2, 0.25) is 0 Å². The number of hydrogen-bond acceptors (Lipinski definition) is 0. The standard InChI is InChI=1S/C16H26/c1-12-5-4-6-15(9-7-12)16-10-8-13(2)14(3)11-16/h10-13,15H,4-9H2,1-3H3.